The lowest BCUT2D eigenvalue weighted by Gasteiger charge is -2.11. The Morgan fingerprint density at radius 2 is 2.05 bits per heavy atom. The number of carbonyl (C=O) groups excluding carboxylic acids is 1. The minimum atomic E-state index is -2.96. The van der Waals surface area contributed by atoms with Crippen molar-refractivity contribution in [2.75, 3.05) is 17.7 Å². The lowest BCUT2D eigenvalue weighted by Crippen LogP contribution is -2.14. The predicted octanol–water partition coefficient (Wildman–Crippen LogP) is 2.98. The van der Waals surface area contributed by atoms with Gasteiger partial charge in [-0.15, -0.1) is 0 Å². The first-order chi connectivity index (χ1) is 10.1. The summed E-state index contributed by atoms with van der Waals surface area (Å²) in [7, 11) is 1.68. The molecule has 21 heavy (non-hydrogen) atoms. The van der Waals surface area contributed by atoms with Gasteiger partial charge in [-0.05, 0) is 24.3 Å². The fourth-order valence-corrected chi connectivity index (χ4v) is 1.67. The van der Waals surface area contributed by atoms with Crippen molar-refractivity contribution < 1.29 is 18.3 Å². The molecule has 0 saturated carbocycles. The zero-order chi connectivity index (χ0) is 15.2. The molecular formula is C14H13F2N3O2. The first kappa shape index (κ1) is 14.7. The van der Waals surface area contributed by atoms with Crippen LogP contribution in [-0.2, 0) is 0 Å². The Morgan fingerprint density at radius 1 is 1.29 bits per heavy atom. The van der Waals surface area contributed by atoms with Crippen LogP contribution in [0.25, 0.3) is 0 Å². The first-order valence-corrected chi connectivity index (χ1v) is 6.09. The highest BCUT2D eigenvalue weighted by Crippen LogP contribution is 2.26. The maximum Gasteiger partial charge on any atom is 0.387 e. The number of nitrogens with one attached hydrogen (secondary N) is 2. The van der Waals surface area contributed by atoms with Gasteiger partial charge in [0.1, 0.15) is 11.6 Å². The Balaban J connectivity index is 2.19. The number of rotatable bonds is 5. The Labute approximate surface area is 120 Å². The number of anilines is 2. The molecule has 0 aliphatic heterocycles. The smallest absolute Gasteiger partial charge is 0.387 e. The van der Waals surface area contributed by atoms with E-state index in [1.54, 1.807) is 25.2 Å². The van der Waals surface area contributed by atoms with Crippen molar-refractivity contribution in [3.05, 3.63) is 48.2 Å². The second-order valence-corrected chi connectivity index (χ2v) is 4.01. The van der Waals surface area contributed by atoms with Crippen molar-refractivity contribution in [1.82, 2.24) is 4.98 Å². The predicted molar refractivity (Wildman–Crippen MR) is 74.8 cm³/mol. The van der Waals surface area contributed by atoms with Crippen molar-refractivity contribution >= 4 is 17.4 Å². The second-order valence-electron chi connectivity index (χ2n) is 4.01. The molecule has 1 amide bonds. The highest BCUT2D eigenvalue weighted by molar-refractivity contribution is 6.05. The quantitative estimate of drug-likeness (QED) is 0.889. The van der Waals surface area contributed by atoms with Crippen molar-refractivity contribution in [3.8, 4) is 5.75 Å². The number of hydrogen-bond donors (Lipinski definition) is 2. The number of carbonyl (C=O) groups is 1. The molecule has 0 radical (unpaired) electrons. The summed E-state index contributed by atoms with van der Waals surface area (Å²) in [5.74, 6) is -0.0114. The van der Waals surface area contributed by atoms with Crippen LogP contribution in [0.3, 0.4) is 0 Å². The molecule has 0 aliphatic carbocycles. The van der Waals surface area contributed by atoms with Crippen LogP contribution in [0.4, 0.5) is 20.3 Å². The summed E-state index contributed by atoms with van der Waals surface area (Å²) in [5.41, 5.74) is 0.520. The number of alkyl halides is 2. The maximum atomic E-state index is 12.3. The molecule has 0 atom stereocenters. The van der Waals surface area contributed by atoms with E-state index in [2.05, 4.69) is 20.4 Å². The molecule has 7 heteroatoms. The molecule has 2 rings (SSSR count). The summed E-state index contributed by atoms with van der Waals surface area (Å²) in [6.07, 6.45) is 1.47. The Hall–Kier alpha value is -2.70. The summed E-state index contributed by atoms with van der Waals surface area (Å²) in [6, 6.07) is 9.06. The van der Waals surface area contributed by atoms with E-state index in [9.17, 15) is 13.6 Å². The first-order valence-electron chi connectivity index (χ1n) is 6.09. The molecule has 0 fully saturated rings. The normalized spacial score (nSPS) is 10.3. The fourth-order valence-electron chi connectivity index (χ4n) is 1.67. The van der Waals surface area contributed by atoms with E-state index in [-0.39, 0.29) is 11.4 Å². The van der Waals surface area contributed by atoms with Crippen LogP contribution < -0.4 is 15.4 Å². The number of halogens is 2. The topological polar surface area (TPSA) is 63.2 Å². The number of ether oxygens (including phenoxy) is 1. The summed E-state index contributed by atoms with van der Waals surface area (Å²) in [4.78, 5) is 16.1. The third-order valence-electron chi connectivity index (χ3n) is 2.63. The monoisotopic (exact) mass is 293 g/mol. The summed E-state index contributed by atoms with van der Waals surface area (Å²) >= 11 is 0. The van der Waals surface area contributed by atoms with E-state index in [4.69, 9.17) is 0 Å². The average Bonchev–Trinajstić information content (AvgIpc) is 2.48. The lowest BCUT2D eigenvalue weighted by molar-refractivity contribution is -0.0493. The number of amides is 1. The van der Waals surface area contributed by atoms with Gasteiger partial charge in [-0.25, -0.2) is 4.98 Å². The SMILES string of the molecule is CNc1cc(C(=O)Nc2ccccc2OC(F)F)ccn1. The maximum absolute atomic E-state index is 12.3. The van der Waals surface area contributed by atoms with Gasteiger partial charge >= 0.3 is 6.61 Å². The van der Waals surface area contributed by atoms with Gasteiger partial charge in [0.05, 0.1) is 5.69 Å². The Bertz CT molecular complexity index is 635. The van der Waals surface area contributed by atoms with Gasteiger partial charge in [-0.3, -0.25) is 4.79 Å². The summed E-state index contributed by atoms with van der Waals surface area (Å²) in [5, 5.41) is 5.34. The van der Waals surface area contributed by atoms with Gasteiger partial charge in [-0.1, -0.05) is 12.1 Å². The minimum Gasteiger partial charge on any atom is -0.433 e. The number of pyridine rings is 1. The van der Waals surface area contributed by atoms with Crippen LogP contribution in [0.1, 0.15) is 10.4 Å². The standard InChI is InChI=1S/C14H13F2N3O2/c1-17-12-8-9(6-7-18-12)13(20)19-10-4-2-3-5-11(10)21-14(15)16/h2-8,14H,1H3,(H,17,18)(H,19,20). The third kappa shape index (κ3) is 3.88. The van der Waals surface area contributed by atoms with Gasteiger partial charge in [0.15, 0.2) is 0 Å². The zero-order valence-electron chi connectivity index (χ0n) is 11.1. The minimum absolute atomic E-state index is 0.0938. The van der Waals surface area contributed by atoms with Crippen molar-refractivity contribution in [1.29, 1.82) is 0 Å². The van der Waals surface area contributed by atoms with Crippen LogP contribution in [0.5, 0.6) is 5.75 Å². The molecule has 1 aromatic heterocycles. The Kier molecular flexibility index (Phi) is 4.65. The van der Waals surface area contributed by atoms with Gasteiger partial charge < -0.3 is 15.4 Å². The van der Waals surface area contributed by atoms with Gasteiger partial charge in [0.2, 0.25) is 0 Å². The highest BCUT2D eigenvalue weighted by Gasteiger charge is 2.13. The number of nitrogens with zero attached hydrogens (tertiary/aromatic N) is 1. The van der Waals surface area contributed by atoms with Gasteiger partial charge in [0, 0.05) is 18.8 Å². The molecule has 1 heterocycles. The molecule has 2 N–H and O–H groups in total. The zero-order valence-corrected chi connectivity index (χ0v) is 11.1. The molecule has 5 nitrogen and oxygen atoms in total. The summed E-state index contributed by atoms with van der Waals surface area (Å²) in [6.45, 7) is -2.96. The van der Waals surface area contributed by atoms with Crippen molar-refractivity contribution in [2.45, 2.75) is 6.61 Å². The molecule has 0 aliphatic rings. The van der Waals surface area contributed by atoms with Crippen LogP contribution >= 0.6 is 0 Å². The fraction of sp³-hybridized carbons (Fsp3) is 0.143. The van der Waals surface area contributed by atoms with Gasteiger partial charge in [0.25, 0.3) is 5.91 Å². The molecular weight excluding hydrogens is 280 g/mol. The van der Waals surface area contributed by atoms with E-state index in [1.165, 1.54) is 24.4 Å². The number of hydrogen-bond acceptors (Lipinski definition) is 4. The molecule has 0 saturated heterocycles. The largest absolute Gasteiger partial charge is 0.433 e. The van der Waals surface area contributed by atoms with Crippen LogP contribution in [0.2, 0.25) is 0 Å². The van der Waals surface area contributed by atoms with Crippen LogP contribution in [0.15, 0.2) is 42.6 Å². The molecule has 1 aromatic carbocycles. The van der Waals surface area contributed by atoms with E-state index in [0.29, 0.717) is 11.4 Å². The highest BCUT2D eigenvalue weighted by atomic mass is 19.3. The van der Waals surface area contributed by atoms with Gasteiger partial charge in [-0.2, -0.15) is 8.78 Å². The lowest BCUT2D eigenvalue weighted by atomic mass is 10.2. The third-order valence-corrected chi connectivity index (χ3v) is 2.63. The van der Waals surface area contributed by atoms with Crippen molar-refractivity contribution in [3.63, 3.8) is 0 Å². The number of para-hydroxylation sites is 2. The second kappa shape index (κ2) is 6.65. The van der Waals surface area contributed by atoms with Crippen molar-refractivity contribution in [2.24, 2.45) is 0 Å². The van der Waals surface area contributed by atoms with E-state index in [1.807, 2.05) is 0 Å². The van der Waals surface area contributed by atoms with E-state index < -0.39 is 12.5 Å². The summed E-state index contributed by atoms with van der Waals surface area (Å²) < 4.78 is 29.0. The Morgan fingerprint density at radius 3 is 2.76 bits per heavy atom. The van der Waals surface area contributed by atoms with Crippen LogP contribution in [-0.4, -0.2) is 24.6 Å². The molecule has 0 spiro atoms. The number of aromatic nitrogens is 1. The molecule has 110 valence electrons. The molecule has 0 unspecified atom stereocenters. The van der Waals surface area contributed by atoms with E-state index >= 15 is 0 Å². The molecule has 0 bridgehead atoms. The number of benzene rings is 1. The average molecular weight is 293 g/mol. The molecule has 2 aromatic rings. The van der Waals surface area contributed by atoms with Crippen LogP contribution in [0, 0.1) is 0 Å². The van der Waals surface area contributed by atoms with E-state index in [0.717, 1.165) is 0 Å².